The van der Waals surface area contributed by atoms with E-state index in [9.17, 15) is 9.59 Å². The number of carboxylic acid groups (broad SMARTS) is 1. The summed E-state index contributed by atoms with van der Waals surface area (Å²) in [6.07, 6.45) is 4.90. The van der Waals surface area contributed by atoms with Crippen molar-refractivity contribution in [2.24, 2.45) is 11.8 Å². The zero-order valence-electron chi connectivity index (χ0n) is 8.74. The van der Waals surface area contributed by atoms with Crippen LogP contribution < -0.4 is 5.32 Å². The molecule has 0 radical (unpaired) electrons. The normalized spacial score (nSPS) is 34.7. The fourth-order valence-electron chi connectivity index (χ4n) is 2.97. The Morgan fingerprint density at radius 3 is 3.00 bits per heavy atom. The number of hydrogen-bond donors (Lipinski definition) is 2. The predicted molar refractivity (Wildman–Crippen MR) is 54.2 cm³/mol. The molecule has 0 spiro atoms. The van der Waals surface area contributed by atoms with Gasteiger partial charge in [-0.2, -0.15) is 0 Å². The summed E-state index contributed by atoms with van der Waals surface area (Å²) in [7, 11) is 0. The minimum absolute atomic E-state index is 0.146. The summed E-state index contributed by atoms with van der Waals surface area (Å²) >= 11 is 0. The lowest BCUT2D eigenvalue weighted by Crippen LogP contribution is -2.39. The van der Waals surface area contributed by atoms with Gasteiger partial charge in [0.2, 0.25) is 5.91 Å². The Kier molecular flexibility index (Phi) is 2.93. The zero-order chi connectivity index (χ0) is 10.8. The number of nitrogens with one attached hydrogen (secondary N) is 1. The minimum atomic E-state index is -0.735. The van der Waals surface area contributed by atoms with Gasteiger partial charge in [-0.1, -0.05) is 6.42 Å². The van der Waals surface area contributed by atoms with E-state index in [1.165, 1.54) is 0 Å². The quantitative estimate of drug-likeness (QED) is 0.736. The molecular weight excluding hydrogens is 194 g/mol. The van der Waals surface area contributed by atoms with E-state index in [1.807, 2.05) is 0 Å². The van der Waals surface area contributed by atoms with Gasteiger partial charge in [-0.3, -0.25) is 9.59 Å². The number of carboxylic acids is 1. The summed E-state index contributed by atoms with van der Waals surface area (Å²) in [6, 6.07) is 0.255. The van der Waals surface area contributed by atoms with Crippen LogP contribution in [0.5, 0.6) is 0 Å². The van der Waals surface area contributed by atoms with Gasteiger partial charge in [0.25, 0.3) is 0 Å². The molecule has 84 valence electrons. The molecule has 0 aromatic rings. The molecule has 0 bridgehead atoms. The van der Waals surface area contributed by atoms with Crippen LogP contribution in [-0.2, 0) is 9.59 Å². The lowest BCUT2D eigenvalue weighted by atomic mass is 9.76. The molecule has 4 nitrogen and oxygen atoms in total. The average molecular weight is 211 g/mol. The maximum Gasteiger partial charge on any atom is 0.303 e. The predicted octanol–water partition coefficient (Wildman–Crippen LogP) is 1.16. The molecule has 1 amide bonds. The third-order valence-electron chi connectivity index (χ3n) is 3.67. The number of fused-ring (bicyclic) bond motifs is 1. The number of amides is 1. The fourth-order valence-corrected chi connectivity index (χ4v) is 2.97. The summed E-state index contributed by atoms with van der Waals surface area (Å²) in [5, 5.41) is 11.6. The first-order chi connectivity index (χ1) is 7.16. The van der Waals surface area contributed by atoms with Gasteiger partial charge in [0, 0.05) is 18.9 Å². The lowest BCUT2D eigenvalue weighted by Gasteiger charge is -2.32. The molecule has 0 aromatic heterocycles. The standard InChI is InChI=1S/C11H17NO3/c13-9-6-8-3-1-2-7(11(8)12-9)4-5-10(14)15/h7-8,11H,1-6H2,(H,12,13)(H,14,15). The second-order valence-electron chi connectivity index (χ2n) is 4.68. The molecule has 2 N–H and O–H groups in total. The first-order valence-corrected chi connectivity index (χ1v) is 5.68. The summed E-state index contributed by atoms with van der Waals surface area (Å²) < 4.78 is 0. The second kappa shape index (κ2) is 4.21. The fraction of sp³-hybridized carbons (Fsp3) is 0.818. The van der Waals surface area contributed by atoms with Gasteiger partial charge in [-0.25, -0.2) is 0 Å². The molecule has 4 heteroatoms. The average Bonchev–Trinajstić information content (AvgIpc) is 2.55. The lowest BCUT2D eigenvalue weighted by molar-refractivity contribution is -0.137. The maximum atomic E-state index is 11.3. The summed E-state index contributed by atoms with van der Waals surface area (Å²) in [4.78, 5) is 21.8. The topological polar surface area (TPSA) is 66.4 Å². The molecule has 1 saturated heterocycles. The highest BCUT2D eigenvalue weighted by atomic mass is 16.4. The summed E-state index contributed by atoms with van der Waals surface area (Å²) in [6.45, 7) is 0. The van der Waals surface area contributed by atoms with Crippen molar-refractivity contribution >= 4 is 11.9 Å². The third kappa shape index (κ3) is 2.30. The van der Waals surface area contributed by atoms with Crippen molar-refractivity contribution in [3.05, 3.63) is 0 Å². The van der Waals surface area contributed by atoms with Crippen LogP contribution in [0.15, 0.2) is 0 Å². The number of aliphatic carboxylic acids is 1. The van der Waals surface area contributed by atoms with Crippen molar-refractivity contribution < 1.29 is 14.7 Å². The van der Waals surface area contributed by atoms with Crippen LogP contribution in [0.1, 0.15) is 38.5 Å². The molecule has 2 fully saturated rings. The van der Waals surface area contributed by atoms with E-state index in [0.717, 1.165) is 19.3 Å². The highest BCUT2D eigenvalue weighted by molar-refractivity contribution is 5.79. The largest absolute Gasteiger partial charge is 0.481 e. The van der Waals surface area contributed by atoms with Crippen LogP contribution >= 0.6 is 0 Å². The van der Waals surface area contributed by atoms with Gasteiger partial charge >= 0.3 is 5.97 Å². The minimum Gasteiger partial charge on any atom is -0.481 e. The smallest absolute Gasteiger partial charge is 0.303 e. The van der Waals surface area contributed by atoms with Gasteiger partial charge in [0.1, 0.15) is 0 Å². The van der Waals surface area contributed by atoms with Crippen LogP contribution in [0.3, 0.4) is 0 Å². The first kappa shape index (κ1) is 10.5. The Balaban J connectivity index is 1.93. The molecule has 0 aromatic carbocycles. The Morgan fingerprint density at radius 2 is 2.27 bits per heavy atom. The molecule has 1 heterocycles. The number of carbonyl (C=O) groups excluding carboxylic acids is 1. The number of rotatable bonds is 3. The van der Waals surface area contributed by atoms with Crippen LogP contribution in [0, 0.1) is 11.8 Å². The Labute approximate surface area is 89.0 Å². The Hall–Kier alpha value is -1.06. The molecule has 1 saturated carbocycles. The van der Waals surface area contributed by atoms with E-state index in [-0.39, 0.29) is 18.4 Å². The van der Waals surface area contributed by atoms with Crippen molar-refractivity contribution in [1.29, 1.82) is 0 Å². The molecule has 1 aliphatic heterocycles. The number of carbonyl (C=O) groups is 2. The van der Waals surface area contributed by atoms with Crippen LogP contribution in [0.25, 0.3) is 0 Å². The molecule has 3 unspecified atom stereocenters. The molecule has 2 aliphatic rings. The summed E-state index contributed by atoms with van der Waals surface area (Å²) in [5.41, 5.74) is 0. The van der Waals surface area contributed by atoms with Crippen molar-refractivity contribution in [3.63, 3.8) is 0 Å². The van der Waals surface area contributed by atoms with Crippen LogP contribution in [0.2, 0.25) is 0 Å². The Morgan fingerprint density at radius 1 is 1.47 bits per heavy atom. The van der Waals surface area contributed by atoms with Crippen molar-refractivity contribution in [1.82, 2.24) is 5.32 Å². The SMILES string of the molecule is O=C(O)CCC1CCCC2CC(=O)NC12. The highest BCUT2D eigenvalue weighted by Crippen LogP contribution is 2.37. The molecule has 3 atom stereocenters. The monoisotopic (exact) mass is 211 g/mol. The molecule has 15 heavy (non-hydrogen) atoms. The van der Waals surface area contributed by atoms with Crippen molar-refractivity contribution in [2.75, 3.05) is 0 Å². The van der Waals surface area contributed by atoms with Crippen molar-refractivity contribution in [2.45, 2.75) is 44.6 Å². The molecule has 2 rings (SSSR count). The molecule has 1 aliphatic carbocycles. The van der Waals surface area contributed by atoms with Crippen molar-refractivity contribution in [3.8, 4) is 0 Å². The van der Waals surface area contributed by atoms with Crippen LogP contribution in [-0.4, -0.2) is 23.0 Å². The van der Waals surface area contributed by atoms with Gasteiger partial charge < -0.3 is 10.4 Å². The summed E-state index contributed by atoms with van der Waals surface area (Å²) in [5.74, 6) is 0.255. The maximum absolute atomic E-state index is 11.3. The van der Waals surface area contributed by atoms with E-state index < -0.39 is 5.97 Å². The van der Waals surface area contributed by atoms with Gasteiger partial charge in [-0.15, -0.1) is 0 Å². The van der Waals surface area contributed by atoms with Crippen LogP contribution in [0.4, 0.5) is 0 Å². The first-order valence-electron chi connectivity index (χ1n) is 5.68. The van der Waals surface area contributed by atoms with E-state index in [0.29, 0.717) is 24.7 Å². The van der Waals surface area contributed by atoms with Gasteiger partial charge in [0.15, 0.2) is 0 Å². The van der Waals surface area contributed by atoms with Gasteiger partial charge in [0.05, 0.1) is 0 Å². The molecular formula is C11H17NO3. The Bertz CT molecular complexity index is 277. The number of hydrogen-bond acceptors (Lipinski definition) is 2. The second-order valence-corrected chi connectivity index (χ2v) is 4.68. The van der Waals surface area contributed by atoms with E-state index in [4.69, 9.17) is 5.11 Å². The highest BCUT2D eigenvalue weighted by Gasteiger charge is 2.39. The van der Waals surface area contributed by atoms with E-state index in [2.05, 4.69) is 5.32 Å². The van der Waals surface area contributed by atoms with E-state index in [1.54, 1.807) is 0 Å². The van der Waals surface area contributed by atoms with E-state index >= 15 is 0 Å². The zero-order valence-corrected chi connectivity index (χ0v) is 8.74. The third-order valence-corrected chi connectivity index (χ3v) is 3.67. The van der Waals surface area contributed by atoms with Gasteiger partial charge in [-0.05, 0) is 31.1 Å².